The van der Waals surface area contributed by atoms with Crippen LogP contribution in [0.1, 0.15) is 21.9 Å². The van der Waals surface area contributed by atoms with E-state index in [2.05, 4.69) is 71.2 Å². The molecule has 1 atom stereocenters. The van der Waals surface area contributed by atoms with Gasteiger partial charge in [-0.05, 0) is 39.8 Å². The minimum Gasteiger partial charge on any atom is -0.361 e. The predicted octanol–water partition coefficient (Wildman–Crippen LogP) is 5.39. The Morgan fingerprint density at radius 3 is 2.67 bits per heavy atom. The van der Waals surface area contributed by atoms with Crippen molar-refractivity contribution in [3.63, 3.8) is 0 Å². The average Bonchev–Trinajstić information content (AvgIpc) is 3.21. The Kier molecular flexibility index (Phi) is 2.21. The van der Waals surface area contributed by atoms with Gasteiger partial charge in [0.25, 0.3) is 0 Å². The third-order valence-corrected chi connectivity index (χ3v) is 5.43. The molecule has 0 bridgehead atoms. The second-order valence-corrected chi connectivity index (χ2v) is 6.46. The fourth-order valence-electron chi connectivity index (χ4n) is 3.54. The van der Waals surface area contributed by atoms with Crippen LogP contribution in [-0.2, 0) is 0 Å². The number of nitrogens with one attached hydrogen (secondary N) is 1. The first-order valence-corrected chi connectivity index (χ1v) is 8.04. The molecule has 2 heterocycles. The van der Waals surface area contributed by atoms with Crippen molar-refractivity contribution in [2.24, 2.45) is 0 Å². The number of hydrogen-bond donors (Lipinski definition) is 1. The molecule has 5 rings (SSSR count). The van der Waals surface area contributed by atoms with Gasteiger partial charge in [-0.25, -0.2) is 0 Å². The molecule has 0 fully saturated rings. The molecule has 1 nitrogen and oxygen atoms in total. The Labute approximate surface area is 126 Å². The van der Waals surface area contributed by atoms with Crippen LogP contribution in [0.15, 0.2) is 66.2 Å². The van der Waals surface area contributed by atoms with Gasteiger partial charge in [0, 0.05) is 27.9 Å². The van der Waals surface area contributed by atoms with Gasteiger partial charge in [0.15, 0.2) is 0 Å². The second kappa shape index (κ2) is 4.09. The molecule has 1 aliphatic carbocycles. The lowest BCUT2D eigenvalue weighted by Crippen LogP contribution is -1.96. The number of fused-ring (bicyclic) bond motifs is 4. The van der Waals surface area contributed by atoms with E-state index in [0.29, 0.717) is 5.92 Å². The molecule has 0 spiro atoms. The Morgan fingerprint density at radius 2 is 1.67 bits per heavy atom. The van der Waals surface area contributed by atoms with E-state index in [1.165, 1.54) is 38.0 Å². The van der Waals surface area contributed by atoms with Gasteiger partial charge >= 0.3 is 0 Å². The summed E-state index contributed by atoms with van der Waals surface area (Å²) < 4.78 is 0. The first kappa shape index (κ1) is 11.4. The molecular weight excluding hydrogens is 274 g/mol. The zero-order valence-corrected chi connectivity index (χ0v) is 12.2. The van der Waals surface area contributed by atoms with E-state index in [-0.39, 0.29) is 0 Å². The number of benzene rings is 2. The van der Waals surface area contributed by atoms with Crippen molar-refractivity contribution in [3.05, 3.63) is 82.2 Å². The molecule has 0 radical (unpaired) electrons. The Balaban J connectivity index is 1.84. The highest BCUT2D eigenvalue weighted by Crippen LogP contribution is 2.51. The summed E-state index contributed by atoms with van der Waals surface area (Å²) in [5, 5.41) is 3.54. The zero-order chi connectivity index (χ0) is 13.8. The lowest BCUT2D eigenvalue weighted by molar-refractivity contribution is 1.05. The van der Waals surface area contributed by atoms with Gasteiger partial charge in [-0.3, -0.25) is 0 Å². The number of aromatic nitrogens is 1. The third kappa shape index (κ3) is 1.45. The molecule has 0 aliphatic heterocycles. The monoisotopic (exact) mass is 287 g/mol. The number of rotatable bonds is 1. The van der Waals surface area contributed by atoms with E-state index in [0.717, 1.165) is 0 Å². The van der Waals surface area contributed by atoms with Gasteiger partial charge in [-0.15, -0.1) is 11.3 Å². The van der Waals surface area contributed by atoms with Gasteiger partial charge in [0.1, 0.15) is 0 Å². The van der Waals surface area contributed by atoms with Crippen LogP contribution in [0.25, 0.3) is 22.0 Å². The first-order chi connectivity index (χ1) is 10.4. The SMILES string of the molecule is c1ccc2c(c1)-c1ccsc1C2c1c[nH]c2ccccc12. The summed E-state index contributed by atoms with van der Waals surface area (Å²) in [7, 11) is 0. The van der Waals surface area contributed by atoms with Gasteiger partial charge in [0.05, 0.1) is 0 Å². The molecule has 0 amide bonds. The minimum absolute atomic E-state index is 0.368. The highest BCUT2D eigenvalue weighted by atomic mass is 32.1. The van der Waals surface area contributed by atoms with Crippen LogP contribution >= 0.6 is 11.3 Å². The van der Waals surface area contributed by atoms with Crippen LogP contribution in [0.5, 0.6) is 0 Å². The number of hydrogen-bond acceptors (Lipinski definition) is 1. The summed E-state index contributed by atoms with van der Waals surface area (Å²) in [4.78, 5) is 4.90. The van der Waals surface area contributed by atoms with Gasteiger partial charge in [-0.2, -0.15) is 0 Å². The van der Waals surface area contributed by atoms with Crippen molar-refractivity contribution >= 4 is 22.2 Å². The molecule has 2 aromatic heterocycles. The molecule has 1 unspecified atom stereocenters. The summed E-state index contributed by atoms with van der Waals surface area (Å²) in [5.41, 5.74) is 6.84. The van der Waals surface area contributed by atoms with Crippen LogP contribution in [0.4, 0.5) is 0 Å². The molecule has 0 saturated carbocycles. The normalized spacial score (nSPS) is 16.1. The van der Waals surface area contributed by atoms with Crippen LogP contribution in [0.3, 0.4) is 0 Å². The quantitative estimate of drug-likeness (QED) is 0.425. The highest BCUT2D eigenvalue weighted by molar-refractivity contribution is 7.10. The molecule has 100 valence electrons. The number of H-pyrrole nitrogens is 1. The molecule has 4 aromatic rings. The topological polar surface area (TPSA) is 15.8 Å². The van der Waals surface area contributed by atoms with Gasteiger partial charge in [0.2, 0.25) is 0 Å². The maximum Gasteiger partial charge on any atom is 0.0467 e. The smallest absolute Gasteiger partial charge is 0.0467 e. The lowest BCUT2D eigenvalue weighted by atomic mass is 9.93. The van der Waals surface area contributed by atoms with E-state index < -0.39 is 0 Å². The van der Waals surface area contributed by atoms with Crippen molar-refractivity contribution in [3.8, 4) is 11.1 Å². The number of thiophene rings is 1. The predicted molar refractivity (Wildman–Crippen MR) is 89.0 cm³/mol. The van der Waals surface area contributed by atoms with E-state index >= 15 is 0 Å². The van der Waals surface area contributed by atoms with Crippen molar-refractivity contribution < 1.29 is 0 Å². The summed E-state index contributed by atoms with van der Waals surface area (Å²) in [6, 6.07) is 19.6. The second-order valence-electron chi connectivity index (χ2n) is 5.51. The lowest BCUT2D eigenvalue weighted by Gasteiger charge is -2.11. The number of aromatic amines is 1. The molecule has 21 heavy (non-hydrogen) atoms. The minimum atomic E-state index is 0.368. The fraction of sp³-hybridized carbons (Fsp3) is 0.0526. The van der Waals surface area contributed by atoms with E-state index in [1.807, 2.05) is 11.3 Å². The van der Waals surface area contributed by atoms with Gasteiger partial charge < -0.3 is 4.98 Å². The van der Waals surface area contributed by atoms with Crippen molar-refractivity contribution in [1.29, 1.82) is 0 Å². The van der Waals surface area contributed by atoms with Crippen LogP contribution in [-0.4, -0.2) is 4.98 Å². The van der Waals surface area contributed by atoms with Crippen LogP contribution in [0.2, 0.25) is 0 Å². The summed E-state index contributed by atoms with van der Waals surface area (Å²) in [6.07, 6.45) is 2.18. The fourth-order valence-corrected chi connectivity index (χ4v) is 4.59. The summed E-state index contributed by atoms with van der Waals surface area (Å²) in [5.74, 6) is 0.368. The largest absolute Gasteiger partial charge is 0.361 e. The Morgan fingerprint density at radius 1 is 0.810 bits per heavy atom. The third-order valence-electron chi connectivity index (χ3n) is 4.45. The number of para-hydroxylation sites is 1. The van der Waals surface area contributed by atoms with Crippen LogP contribution in [0, 0.1) is 0 Å². The van der Waals surface area contributed by atoms with E-state index in [1.54, 1.807) is 0 Å². The average molecular weight is 287 g/mol. The maximum absolute atomic E-state index is 3.42. The van der Waals surface area contributed by atoms with E-state index in [4.69, 9.17) is 0 Å². The summed E-state index contributed by atoms with van der Waals surface area (Å²) in [6.45, 7) is 0. The van der Waals surface area contributed by atoms with Gasteiger partial charge in [-0.1, -0.05) is 42.5 Å². The Bertz CT molecular complexity index is 960. The molecule has 1 N–H and O–H groups in total. The first-order valence-electron chi connectivity index (χ1n) is 7.16. The molecule has 1 aliphatic rings. The van der Waals surface area contributed by atoms with Crippen LogP contribution < -0.4 is 0 Å². The molecular formula is C19H13NS. The highest BCUT2D eigenvalue weighted by Gasteiger charge is 2.32. The molecule has 2 aromatic carbocycles. The van der Waals surface area contributed by atoms with E-state index in [9.17, 15) is 0 Å². The summed E-state index contributed by atoms with van der Waals surface area (Å²) >= 11 is 1.87. The Hall–Kier alpha value is -2.32. The zero-order valence-electron chi connectivity index (χ0n) is 11.3. The molecule has 0 saturated heterocycles. The van der Waals surface area contributed by atoms with Crippen molar-refractivity contribution in [2.45, 2.75) is 5.92 Å². The standard InChI is InChI=1S/C19H13NS/c1-2-7-14-12(5-1)15-9-10-21-19(15)18(14)16-11-20-17-8-4-3-6-13(16)17/h1-11,18,20H. The van der Waals surface area contributed by atoms with Crippen molar-refractivity contribution in [2.75, 3.05) is 0 Å². The van der Waals surface area contributed by atoms with Crippen molar-refractivity contribution in [1.82, 2.24) is 4.98 Å². The molecule has 2 heteroatoms. The maximum atomic E-state index is 3.42.